The SMILES string of the molecule is O=C1CCCN(c2ccc(O)cn2)C1. The summed E-state index contributed by atoms with van der Waals surface area (Å²) in [5.74, 6) is 1.17. The highest BCUT2D eigenvalue weighted by atomic mass is 16.3. The van der Waals surface area contributed by atoms with Crippen molar-refractivity contribution in [2.75, 3.05) is 18.0 Å². The lowest BCUT2D eigenvalue weighted by Crippen LogP contribution is -2.35. The highest BCUT2D eigenvalue weighted by Gasteiger charge is 2.17. The number of aromatic nitrogens is 1. The van der Waals surface area contributed by atoms with Gasteiger partial charge in [0.25, 0.3) is 0 Å². The number of carbonyl (C=O) groups is 1. The van der Waals surface area contributed by atoms with Crippen molar-refractivity contribution in [2.24, 2.45) is 0 Å². The lowest BCUT2D eigenvalue weighted by Gasteiger charge is -2.26. The van der Waals surface area contributed by atoms with Crippen LogP contribution in [0.4, 0.5) is 5.82 Å². The van der Waals surface area contributed by atoms with Crippen LogP contribution in [0.25, 0.3) is 0 Å². The number of pyridine rings is 1. The number of hydrogen-bond donors (Lipinski definition) is 1. The van der Waals surface area contributed by atoms with Crippen molar-refractivity contribution in [3.8, 4) is 5.75 Å². The minimum atomic E-state index is 0.150. The third-order valence-corrected chi connectivity index (χ3v) is 2.31. The van der Waals surface area contributed by atoms with Gasteiger partial charge in [-0.2, -0.15) is 0 Å². The summed E-state index contributed by atoms with van der Waals surface area (Å²) in [5, 5.41) is 9.06. The lowest BCUT2D eigenvalue weighted by molar-refractivity contribution is -0.118. The van der Waals surface area contributed by atoms with E-state index in [1.807, 2.05) is 4.90 Å². The van der Waals surface area contributed by atoms with Gasteiger partial charge in [-0.3, -0.25) is 4.79 Å². The molecule has 4 nitrogen and oxygen atoms in total. The molecule has 0 spiro atoms. The Morgan fingerprint density at radius 2 is 2.29 bits per heavy atom. The fourth-order valence-corrected chi connectivity index (χ4v) is 1.60. The highest BCUT2D eigenvalue weighted by Crippen LogP contribution is 2.17. The molecule has 1 fully saturated rings. The van der Waals surface area contributed by atoms with Crippen LogP contribution in [0, 0.1) is 0 Å². The zero-order valence-electron chi connectivity index (χ0n) is 7.81. The second-order valence-corrected chi connectivity index (χ2v) is 3.44. The maximum absolute atomic E-state index is 11.2. The predicted molar refractivity (Wildman–Crippen MR) is 52.4 cm³/mol. The highest BCUT2D eigenvalue weighted by molar-refractivity contribution is 5.84. The summed E-state index contributed by atoms with van der Waals surface area (Å²) in [7, 11) is 0. The molecule has 0 amide bonds. The summed E-state index contributed by atoms with van der Waals surface area (Å²) in [6.07, 6.45) is 2.96. The fraction of sp³-hybridized carbons (Fsp3) is 0.400. The topological polar surface area (TPSA) is 53.4 Å². The predicted octanol–water partition coefficient (Wildman–Crippen LogP) is 0.957. The molecule has 1 saturated heterocycles. The third-order valence-electron chi connectivity index (χ3n) is 2.31. The number of Topliss-reactive ketones (excluding diaryl/α,β-unsaturated/α-hetero) is 1. The quantitative estimate of drug-likeness (QED) is 0.720. The first kappa shape index (κ1) is 8.99. The van der Waals surface area contributed by atoms with E-state index in [0.717, 1.165) is 18.8 Å². The molecule has 14 heavy (non-hydrogen) atoms. The molecule has 1 aliphatic rings. The van der Waals surface area contributed by atoms with Crippen molar-refractivity contribution in [3.05, 3.63) is 18.3 Å². The molecule has 0 bridgehead atoms. The molecule has 0 saturated carbocycles. The Morgan fingerprint density at radius 1 is 1.43 bits per heavy atom. The van der Waals surface area contributed by atoms with Gasteiger partial charge in [0.1, 0.15) is 11.6 Å². The summed E-state index contributed by atoms with van der Waals surface area (Å²) in [4.78, 5) is 17.2. The van der Waals surface area contributed by atoms with Crippen molar-refractivity contribution in [1.29, 1.82) is 0 Å². The van der Waals surface area contributed by atoms with Gasteiger partial charge in [-0.15, -0.1) is 0 Å². The van der Waals surface area contributed by atoms with Crippen LogP contribution in [0.2, 0.25) is 0 Å². The van der Waals surface area contributed by atoms with Crippen LogP contribution in [0.15, 0.2) is 18.3 Å². The maximum atomic E-state index is 11.2. The molecule has 0 radical (unpaired) electrons. The average Bonchev–Trinajstić information content (AvgIpc) is 2.19. The van der Waals surface area contributed by atoms with Crippen LogP contribution in [0.3, 0.4) is 0 Å². The van der Waals surface area contributed by atoms with Gasteiger partial charge in [-0.05, 0) is 18.6 Å². The molecule has 0 unspecified atom stereocenters. The van der Waals surface area contributed by atoms with E-state index in [-0.39, 0.29) is 11.5 Å². The van der Waals surface area contributed by atoms with E-state index in [9.17, 15) is 4.79 Å². The molecule has 74 valence electrons. The van der Waals surface area contributed by atoms with Gasteiger partial charge < -0.3 is 10.0 Å². The third kappa shape index (κ3) is 1.84. The van der Waals surface area contributed by atoms with Gasteiger partial charge >= 0.3 is 0 Å². The second kappa shape index (κ2) is 3.65. The van der Waals surface area contributed by atoms with Crippen molar-refractivity contribution in [2.45, 2.75) is 12.8 Å². The number of aromatic hydroxyl groups is 1. The molecular formula is C10H12N2O2. The summed E-state index contributed by atoms with van der Waals surface area (Å²) < 4.78 is 0. The molecule has 1 aromatic rings. The minimum absolute atomic E-state index is 0.150. The fourth-order valence-electron chi connectivity index (χ4n) is 1.60. The van der Waals surface area contributed by atoms with Crippen LogP contribution >= 0.6 is 0 Å². The lowest BCUT2D eigenvalue weighted by atomic mass is 10.1. The van der Waals surface area contributed by atoms with Crippen molar-refractivity contribution in [1.82, 2.24) is 4.98 Å². The van der Waals surface area contributed by atoms with Crippen LogP contribution < -0.4 is 4.90 Å². The Hall–Kier alpha value is -1.58. The summed E-state index contributed by atoms with van der Waals surface area (Å²) in [6, 6.07) is 3.31. The molecule has 1 aromatic heterocycles. The second-order valence-electron chi connectivity index (χ2n) is 3.44. The zero-order chi connectivity index (χ0) is 9.97. The molecule has 0 aliphatic carbocycles. The Kier molecular flexibility index (Phi) is 2.35. The first-order valence-electron chi connectivity index (χ1n) is 4.67. The Labute approximate surface area is 82.2 Å². The summed E-state index contributed by atoms with van der Waals surface area (Å²) >= 11 is 0. The van der Waals surface area contributed by atoms with E-state index >= 15 is 0 Å². The Morgan fingerprint density at radius 3 is 2.93 bits per heavy atom. The molecule has 0 atom stereocenters. The number of rotatable bonds is 1. The van der Waals surface area contributed by atoms with Crippen molar-refractivity contribution < 1.29 is 9.90 Å². The smallest absolute Gasteiger partial charge is 0.152 e. The number of ketones is 1. The van der Waals surface area contributed by atoms with Gasteiger partial charge in [0, 0.05) is 13.0 Å². The molecule has 2 rings (SSSR count). The molecular weight excluding hydrogens is 180 g/mol. The normalized spacial score (nSPS) is 17.1. The van der Waals surface area contributed by atoms with Gasteiger partial charge in [0.2, 0.25) is 0 Å². The maximum Gasteiger partial charge on any atom is 0.152 e. The monoisotopic (exact) mass is 192 g/mol. The van der Waals surface area contributed by atoms with E-state index in [4.69, 9.17) is 5.11 Å². The number of anilines is 1. The molecule has 1 aliphatic heterocycles. The largest absolute Gasteiger partial charge is 0.506 e. The molecule has 1 N–H and O–H groups in total. The van der Waals surface area contributed by atoms with E-state index in [1.54, 1.807) is 12.1 Å². The standard InChI is InChI=1S/C10H12N2O2/c13-8-3-4-10(11-6-8)12-5-1-2-9(14)7-12/h3-4,6,13H,1-2,5,7H2. The first-order valence-corrected chi connectivity index (χ1v) is 4.67. The first-order chi connectivity index (χ1) is 6.75. The number of hydrogen-bond acceptors (Lipinski definition) is 4. The summed E-state index contributed by atoms with van der Waals surface area (Å²) in [6.45, 7) is 1.31. The number of piperidine rings is 1. The Balaban J connectivity index is 2.14. The van der Waals surface area contributed by atoms with Crippen molar-refractivity contribution >= 4 is 11.6 Å². The molecule has 4 heteroatoms. The van der Waals surface area contributed by atoms with Crippen LogP contribution in [-0.2, 0) is 4.79 Å². The molecule has 2 heterocycles. The Bertz CT molecular complexity index is 334. The van der Waals surface area contributed by atoms with Crippen LogP contribution in [0.5, 0.6) is 5.75 Å². The van der Waals surface area contributed by atoms with Crippen LogP contribution in [-0.4, -0.2) is 29.0 Å². The van der Waals surface area contributed by atoms with Crippen molar-refractivity contribution in [3.63, 3.8) is 0 Å². The minimum Gasteiger partial charge on any atom is -0.506 e. The van der Waals surface area contributed by atoms with Crippen LogP contribution in [0.1, 0.15) is 12.8 Å². The van der Waals surface area contributed by atoms with Gasteiger partial charge in [0.15, 0.2) is 5.78 Å². The van der Waals surface area contributed by atoms with Gasteiger partial charge in [0.05, 0.1) is 12.7 Å². The number of carbonyl (C=O) groups excluding carboxylic acids is 1. The van der Waals surface area contributed by atoms with E-state index in [2.05, 4.69) is 4.98 Å². The zero-order valence-corrected chi connectivity index (χ0v) is 7.81. The van der Waals surface area contributed by atoms with E-state index < -0.39 is 0 Å². The van der Waals surface area contributed by atoms with Gasteiger partial charge in [-0.25, -0.2) is 4.98 Å². The summed E-state index contributed by atoms with van der Waals surface area (Å²) in [5.41, 5.74) is 0. The average molecular weight is 192 g/mol. The number of nitrogens with zero attached hydrogens (tertiary/aromatic N) is 2. The van der Waals surface area contributed by atoms with E-state index in [1.165, 1.54) is 6.20 Å². The molecule has 0 aromatic carbocycles. The van der Waals surface area contributed by atoms with Gasteiger partial charge in [-0.1, -0.05) is 0 Å². The van der Waals surface area contributed by atoms with E-state index in [0.29, 0.717) is 13.0 Å².